The number of benzene rings is 1. The Morgan fingerprint density at radius 2 is 2.12 bits per heavy atom. The summed E-state index contributed by atoms with van der Waals surface area (Å²) >= 11 is 9.15. The fourth-order valence-electron chi connectivity index (χ4n) is 1.13. The van der Waals surface area contributed by atoms with E-state index in [0.29, 0.717) is 17.1 Å². The number of nitrogens with one attached hydrogen (secondary N) is 1. The van der Waals surface area contributed by atoms with Gasteiger partial charge in [0.05, 0.1) is 0 Å². The van der Waals surface area contributed by atoms with E-state index in [2.05, 4.69) is 21.2 Å². The van der Waals surface area contributed by atoms with Crippen molar-refractivity contribution in [3.8, 4) is 0 Å². The highest BCUT2D eigenvalue weighted by atomic mass is 79.9. The van der Waals surface area contributed by atoms with Gasteiger partial charge in [0, 0.05) is 21.6 Å². The van der Waals surface area contributed by atoms with Crippen LogP contribution in [-0.2, 0) is 0 Å². The zero-order valence-electron chi connectivity index (χ0n) is 9.18. The molecule has 0 unspecified atom stereocenters. The Kier molecular flexibility index (Phi) is 5.03. The van der Waals surface area contributed by atoms with Crippen molar-refractivity contribution in [2.75, 3.05) is 6.54 Å². The smallest absolute Gasteiger partial charge is 0.251 e. The molecule has 0 saturated heterocycles. The minimum Gasteiger partial charge on any atom is -0.349 e. The number of rotatable bonds is 3. The van der Waals surface area contributed by atoms with Gasteiger partial charge in [-0.15, -0.1) is 0 Å². The predicted octanol–water partition coefficient (Wildman–Crippen LogP) is 3.80. The Morgan fingerprint density at radius 1 is 1.44 bits per heavy atom. The molecule has 1 rings (SSSR count). The maximum absolute atomic E-state index is 11.7. The van der Waals surface area contributed by atoms with Crippen LogP contribution < -0.4 is 5.32 Å². The third-order valence-corrected chi connectivity index (χ3v) is 2.57. The molecule has 2 nitrogen and oxygen atoms in total. The molecule has 0 atom stereocenters. The zero-order valence-corrected chi connectivity index (χ0v) is 11.5. The number of carbonyl (C=O) groups is 1. The summed E-state index contributed by atoms with van der Waals surface area (Å²) in [5.41, 5.74) is 1.73. The van der Waals surface area contributed by atoms with Gasteiger partial charge in [-0.2, -0.15) is 0 Å². The number of hydrogen-bond acceptors (Lipinski definition) is 1. The lowest BCUT2D eigenvalue weighted by molar-refractivity contribution is 0.0958. The summed E-state index contributed by atoms with van der Waals surface area (Å²) in [5.74, 6) is -0.124. The van der Waals surface area contributed by atoms with Gasteiger partial charge in [-0.3, -0.25) is 4.79 Å². The van der Waals surface area contributed by atoms with Crippen molar-refractivity contribution in [1.29, 1.82) is 0 Å². The minimum atomic E-state index is -0.124. The number of carbonyl (C=O) groups excluding carboxylic acids is 1. The minimum absolute atomic E-state index is 0.124. The Morgan fingerprint density at radius 3 is 2.69 bits per heavy atom. The van der Waals surface area contributed by atoms with Crippen LogP contribution in [-0.4, -0.2) is 12.5 Å². The molecule has 0 spiro atoms. The van der Waals surface area contributed by atoms with Crippen LogP contribution in [0.15, 0.2) is 34.3 Å². The van der Waals surface area contributed by atoms with Crippen LogP contribution in [0.1, 0.15) is 24.2 Å². The van der Waals surface area contributed by atoms with Gasteiger partial charge in [0.15, 0.2) is 0 Å². The maximum Gasteiger partial charge on any atom is 0.251 e. The van der Waals surface area contributed by atoms with Gasteiger partial charge in [0.1, 0.15) is 0 Å². The highest BCUT2D eigenvalue weighted by Gasteiger charge is 2.06. The standard InChI is InChI=1S/C12H13BrClNO/c1-8(2)3-4-15-12(16)9-5-10(13)7-11(14)6-9/h3,5-7H,4H2,1-2H3,(H,15,16). The Balaban J connectivity index is 2.69. The number of amides is 1. The first kappa shape index (κ1) is 13.3. The number of halogens is 2. The average molecular weight is 303 g/mol. The summed E-state index contributed by atoms with van der Waals surface area (Å²) in [7, 11) is 0. The highest BCUT2D eigenvalue weighted by molar-refractivity contribution is 9.10. The van der Waals surface area contributed by atoms with Gasteiger partial charge in [-0.05, 0) is 32.0 Å². The van der Waals surface area contributed by atoms with E-state index in [1.165, 1.54) is 5.57 Å². The summed E-state index contributed by atoms with van der Waals surface area (Å²) in [6, 6.07) is 5.13. The first-order chi connectivity index (χ1) is 7.49. The largest absolute Gasteiger partial charge is 0.349 e. The second-order valence-corrected chi connectivity index (χ2v) is 5.00. The van der Waals surface area contributed by atoms with E-state index in [9.17, 15) is 4.79 Å². The van der Waals surface area contributed by atoms with E-state index in [4.69, 9.17) is 11.6 Å². The van der Waals surface area contributed by atoms with Crippen LogP contribution in [0.5, 0.6) is 0 Å². The van der Waals surface area contributed by atoms with Crippen LogP contribution in [0.2, 0.25) is 5.02 Å². The van der Waals surface area contributed by atoms with E-state index in [-0.39, 0.29) is 5.91 Å². The summed E-state index contributed by atoms with van der Waals surface area (Å²) in [6.45, 7) is 4.51. The molecular weight excluding hydrogens is 289 g/mol. The first-order valence-electron chi connectivity index (χ1n) is 4.86. The monoisotopic (exact) mass is 301 g/mol. The molecule has 0 bridgehead atoms. The molecule has 4 heteroatoms. The molecule has 16 heavy (non-hydrogen) atoms. The molecule has 1 aromatic rings. The highest BCUT2D eigenvalue weighted by Crippen LogP contribution is 2.19. The summed E-state index contributed by atoms with van der Waals surface area (Å²) < 4.78 is 0.798. The van der Waals surface area contributed by atoms with Crippen LogP contribution in [0, 0.1) is 0 Å². The van der Waals surface area contributed by atoms with Gasteiger partial charge in [0.2, 0.25) is 0 Å². The normalized spacial score (nSPS) is 9.75. The lowest BCUT2D eigenvalue weighted by Gasteiger charge is -2.04. The van der Waals surface area contributed by atoms with Gasteiger partial charge in [0.25, 0.3) is 5.91 Å². The third kappa shape index (κ3) is 4.37. The van der Waals surface area contributed by atoms with Crippen LogP contribution >= 0.6 is 27.5 Å². The molecule has 0 aliphatic heterocycles. The average Bonchev–Trinajstić information content (AvgIpc) is 2.15. The molecule has 86 valence electrons. The molecule has 0 aliphatic rings. The molecule has 0 heterocycles. The van der Waals surface area contributed by atoms with E-state index in [1.807, 2.05) is 19.9 Å². The van der Waals surface area contributed by atoms with Crippen LogP contribution in [0.4, 0.5) is 0 Å². The van der Waals surface area contributed by atoms with Gasteiger partial charge in [-0.1, -0.05) is 39.2 Å². The summed E-state index contributed by atoms with van der Waals surface area (Å²) in [6.07, 6.45) is 1.96. The van der Waals surface area contributed by atoms with Crippen molar-refractivity contribution in [3.63, 3.8) is 0 Å². The fourth-order valence-corrected chi connectivity index (χ4v) is 1.99. The van der Waals surface area contributed by atoms with E-state index < -0.39 is 0 Å². The first-order valence-corrected chi connectivity index (χ1v) is 6.04. The van der Waals surface area contributed by atoms with Crippen molar-refractivity contribution < 1.29 is 4.79 Å². The molecule has 1 amide bonds. The number of hydrogen-bond donors (Lipinski definition) is 1. The van der Waals surface area contributed by atoms with Crippen molar-refractivity contribution in [2.24, 2.45) is 0 Å². The van der Waals surface area contributed by atoms with Gasteiger partial charge in [-0.25, -0.2) is 0 Å². The molecule has 0 aromatic heterocycles. The lowest BCUT2D eigenvalue weighted by Crippen LogP contribution is -2.23. The molecule has 1 N–H and O–H groups in total. The topological polar surface area (TPSA) is 29.1 Å². The second-order valence-electron chi connectivity index (χ2n) is 3.65. The molecule has 0 saturated carbocycles. The third-order valence-electron chi connectivity index (χ3n) is 1.90. The van der Waals surface area contributed by atoms with Gasteiger partial charge < -0.3 is 5.32 Å². The van der Waals surface area contributed by atoms with Crippen molar-refractivity contribution >= 4 is 33.4 Å². The van der Waals surface area contributed by atoms with E-state index in [0.717, 1.165) is 4.47 Å². The van der Waals surface area contributed by atoms with Gasteiger partial charge >= 0.3 is 0 Å². The molecule has 0 fully saturated rings. The summed E-state index contributed by atoms with van der Waals surface area (Å²) in [5, 5.41) is 3.33. The second kappa shape index (κ2) is 6.06. The molecule has 0 radical (unpaired) electrons. The summed E-state index contributed by atoms with van der Waals surface area (Å²) in [4.78, 5) is 11.7. The fraction of sp³-hybridized carbons (Fsp3) is 0.250. The molecular formula is C12H13BrClNO. The van der Waals surface area contributed by atoms with E-state index in [1.54, 1.807) is 18.2 Å². The van der Waals surface area contributed by atoms with Crippen molar-refractivity contribution in [3.05, 3.63) is 44.9 Å². The van der Waals surface area contributed by atoms with E-state index >= 15 is 0 Å². The maximum atomic E-state index is 11.7. The SMILES string of the molecule is CC(C)=CCNC(=O)c1cc(Cl)cc(Br)c1. The molecule has 1 aromatic carbocycles. The predicted molar refractivity (Wildman–Crippen MR) is 70.9 cm³/mol. The Hall–Kier alpha value is -0.800. The Labute approximate surface area is 109 Å². The van der Waals surface area contributed by atoms with Crippen molar-refractivity contribution in [1.82, 2.24) is 5.32 Å². The lowest BCUT2D eigenvalue weighted by atomic mass is 10.2. The van der Waals surface area contributed by atoms with Crippen LogP contribution in [0.3, 0.4) is 0 Å². The quantitative estimate of drug-likeness (QED) is 0.846. The zero-order chi connectivity index (χ0) is 12.1. The Bertz CT molecular complexity index is 405. The van der Waals surface area contributed by atoms with Crippen molar-refractivity contribution in [2.45, 2.75) is 13.8 Å². The number of allylic oxidation sites excluding steroid dienone is 1. The molecule has 0 aliphatic carbocycles. The van der Waals surface area contributed by atoms with Crippen LogP contribution in [0.25, 0.3) is 0 Å².